The number of anilines is 2. The fourth-order valence-electron chi connectivity index (χ4n) is 4.54. The van der Waals surface area contributed by atoms with Gasteiger partial charge in [0.25, 0.3) is 11.8 Å². The maximum Gasteiger partial charge on any atom is 0.273 e. The Hall–Kier alpha value is -3.01. The zero-order valence-corrected chi connectivity index (χ0v) is 22.7. The zero-order chi connectivity index (χ0) is 26.9. The summed E-state index contributed by atoms with van der Waals surface area (Å²) in [7, 11) is 0. The molecular formula is C27H38FN5O3S. The minimum absolute atomic E-state index is 0.00753. The minimum atomic E-state index is -0.956. The predicted octanol–water partition coefficient (Wildman–Crippen LogP) is 4.90. The summed E-state index contributed by atoms with van der Waals surface area (Å²) in [4.78, 5) is 41.2. The van der Waals surface area contributed by atoms with Gasteiger partial charge in [0.1, 0.15) is 16.7 Å². The predicted molar refractivity (Wildman–Crippen MR) is 145 cm³/mol. The van der Waals surface area contributed by atoms with E-state index >= 15 is 0 Å². The number of rotatable bonds is 11. The lowest BCUT2D eigenvalue weighted by Crippen LogP contribution is -2.50. The maximum absolute atomic E-state index is 15.0. The first kappa shape index (κ1) is 28.6. The normalized spacial score (nSPS) is 14.8. The fraction of sp³-hybridized carbons (Fsp3) is 0.556. The number of hydrogen-bond acceptors (Lipinski definition) is 6. The molecule has 1 aromatic heterocycles. The van der Waals surface area contributed by atoms with Crippen molar-refractivity contribution in [2.45, 2.75) is 84.2 Å². The molecule has 0 bridgehead atoms. The van der Waals surface area contributed by atoms with Gasteiger partial charge >= 0.3 is 0 Å². The summed E-state index contributed by atoms with van der Waals surface area (Å²) < 4.78 is 19.2. The van der Waals surface area contributed by atoms with Gasteiger partial charge in [-0.25, -0.2) is 4.39 Å². The SMILES string of the molecule is CCC[C@H](C(=O)NCCC(C)C)N(C(=O)c1snc(C(=O)NC2CCCCC2)c1N)c1ccccc1F. The highest BCUT2D eigenvalue weighted by molar-refractivity contribution is 7.09. The molecule has 3 amide bonds. The Morgan fingerprint density at radius 3 is 2.51 bits per heavy atom. The van der Waals surface area contributed by atoms with Gasteiger partial charge in [-0.3, -0.25) is 19.3 Å². The van der Waals surface area contributed by atoms with Crippen LogP contribution in [0.1, 0.15) is 92.3 Å². The first-order valence-electron chi connectivity index (χ1n) is 13.2. The van der Waals surface area contributed by atoms with Crippen molar-refractivity contribution in [3.8, 4) is 0 Å². The summed E-state index contributed by atoms with van der Waals surface area (Å²) in [6.07, 6.45) is 6.74. The number of nitrogen functional groups attached to an aromatic ring is 1. The van der Waals surface area contributed by atoms with E-state index < -0.39 is 23.7 Å². The van der Waals surface area contributed by atoms with Gasteiger partial charge in [0, 0.05) is 12.6 Å². The number of hydrogen-bond donors (Lipinski definition) is 3. The molecule has 1 aliphatic rings. The van der Waals surface area contributed by atoms with Crippen molar-refractivity contribution in [3.63, 3.8) is 0 Å². The van der Waals surface area contributed by atoms with E-state index in [1.807, 2.05) is 6.92 Å². The van der Waals surface area contributed by atoms with Crippen molar-refractivity contribution in [2.75, 3.05) is 17.2 Å². The summed E-state index contributed by atoms with van der Waals surface area (Å²) in [5.41, 5.74) is 6.18. The van der Waals surface area contributed by atoms with Gasteiger partial charge in [0.15, 0.2) is 5.69 Å². The van der Waals surface area contributed by atoms with Crippen LogP contribution >= 0.6 is 11.5 Å². The quantitative estimate of drug-likeness (QED) is 0.381. The van der Waals surface area contributed by atoms with Crippen molar-refractivity contribution < 1.29 is 18.8 Å². The van der Waals surface area contributed by atoms with E-state index in [0.717, 1.165) is 55.0 Å². The summed E-state index contributed by atoms with van der Waals surface area (Å²) in [5.74, 6) is -1.69. The molecule has 0 radical (unpaired) electrons. The van der Waals surface area contributed by atoms with Gasteiger partial charge in [0.05, 0.1) is 11.4 Å². The molecule has 1 atom stereocenters. The number of nitrogens with two attached hydrogens (primary N) is 1. The van der Waals surface area contributed by atoms with Crippen LogP contribution in [0, 0.1) is 11.7 Å². The standard InChI is InChI=1S/C27H38FN5O3S/c1-4-10-21(25(34)30-16-15-17(2)3)33(20-14-9-8-13-19(20)28)27(36)24-22(29)23(32-37-24)26(35)31-18-11-6-5-7-12-18/h8-9,13-14,17-18,21H,4-7,10-12,15-16,29H2,1-3H3,(H,30,34)(H,31,35)/t21-/m1/s1. The Bertz CT molecular complexity index is 1080. The first-order chi connectivity index (χ1) is 17.7. The lowest BCUT2D eigenvalue weighted by atomic mass is 9.95. The number of nitrogens with one attached hydrogen (secondary N) is 2. The monoisotopic (exact) mass is 531 g/mol. The Labute approximate surface area is 222 Å². The fourth-order valence-corrected chi connectivity index (χ4v) is 5.28. The van der Waals surface area contributed by atoms with Crippen molar-refractivity contribution in [2.24, 2.45) is 5.92 Å². The highest BCUT2D eigenvalue weighted by Gasteiger charge is 2.36. The molecule has 4 N–H and O–H groups in total. The van der Waals surface area contributed by atoms with Crippen LogP contribution in [-0.4, -0.2) is 40.7 Å². The Balaban J connectivity index is 1.92. The molecule has 8 nitrogen and oxygen atoms in total. The molecule has 0 aliphatic heterocycles. The average Bonchev–Trinajstić information content (AvgIpc) is 3.26. The van der Waals surface area contributed by atoms with E-state index in [2.05, 4.69) is 28.9 Å². The number of aromatic nitrogens is 1. The molecule has 1 aromatic carbocycles. The first-order valence-corrected chi connectivity index (χ1v) is 13.9. The second kappa shape index (κ2) is 13.5. The van der Waals surface area contributed by atoms with E-state index in [4.69, 9.17) is 5.73 Å². The molecule has 202 valence electrons. The number of nitrogens with zero attached hydrogens (tertiary/aromatic N) is 2. The second-order valence-corrected chi connectivity index (χ2v) is 10.8. The highest BCUT2D eigenvalue weighted by atomic mass is 32.1. The van der Waals surface area contributed by atoms with E-state index in [1.165, 1.54) is 18.2 Å². The lowest BCUT2D eigenvalue weighted by molar-refractivity contribution is -0.122. The molecule has 10 heteroatoms. The summed E-state index contributed by atoms with van der Waals surface area (Å²) in [5, 5.41) is 5.86. The number of carbonyl (C=O) groups excluding carboxylic acids is 3. The Morgan fingerprint density at radius 1 is 1.16 bits per heavy atom. The van der Waals surface area contributed by atoms with E-state index in [1.54, 1.807) is 6.07 Å². The van der Waals surface area contributed by atoms with Gasteiger partial charge in [-0.2, -0.15) is 4.37 Å². The van der Waals surface area contributed by atoms with Crippen LogP contribution in [0.4, 0.5) is 15.8 Å². The van der Waals surface area contributed by atoms with Gasteiger partial charge < -0.3 is 16.4 Å². The molecule has 1 heterocycles. The topological polar surface area (TPSA) is 117 Å². The van der Waals surface area contributed by atoms with E-state index in [0.29, 0.717) is 25.3 Å². The molecular weight excluding hydrogens is 493 g/mol. The van der Waals surface area contributed by atoms with Crippen LogP contribution in [0.5, 0.6) is 0 Å². The number of para-hydroxylation sites is 1. The molecule has 37 heavy (non-hydrogen) atoms. The third-order valence-electron chi connectivity index (χ3n) is 6.61. The molecule has 1 fully saturated rings. The third kappa shape index (κ3) is 7.28. The number of benzene rings is 1. The molecule has 1 saturated carbocycles. The summed E-state index contributed by atoms with van der Waals surface area (Å²) >= 11 is 0.791. The third-order valence-corrected chi connectivity index (χ3v) is 7.46. The van der Waals surface area contributed by atoms with E-state index in [9.17, 15) is 18.8 Å². The number of amides is 3. The maximum atomic E-state index is 15.0. The van der Waals surface area contributed by atoms with Crippen LogP contribution in [-0.2, 0) is 4.79 Å². The minimum Gasteiger partial charge on any atom is -0.395 e. The average molecular weight is 532 g/mol. The molecule has 0 saturated heterocycles. The lowest BCUT2D eigenvalue weighted by Gasteiger charge is -2.31. The van der Waals surface area contributed by atoms with Crippen molar-refractivity contribution in [1.29, 1.82) is 0 Å². The molecule has 3 rings (SSSR count). The molecule has 1 aliphatic carbocycles. The van der Waals surface area contributed by atoms with Gasteiger partial charge in [-0.05, 0) is 55.3 Å². The van der Waals surface area contributed by atoms with Crippen LogP contribution < -0.4 is 21.3 Å². The van der Waals surface area contributed by atoms with Crippen molar-refractivity contribution >= 4 is 40.6 Å². The van der Waals surface area contributed by atoms with Crippen LogP contribution in [0.3, 0.4) is 0 Å². The van der Waals surface area contributed by atoms with Gasteiger partial charge in [-0.15, -0.1) is 0 Å². The summed E-state index contributed by atoms with van der Waals surface area (Å²) in [6.45, 7) is 6.45. The number of carbonyl (C=O) groups is 3. The van der Waals surface area contributed by atoms with E-state index in [-0.39, 0.29) is 33.9 Å². The smallest absolute Gasteiger partial charge is 0.273 e. The van der Waals surface area contributed by atoms with Crippen molar-refractivity contribution in [1.82, 2.24) is 15.0 Å². The summed E-state index contributed by atoms with van der Waals surface area (Å²) in [6, 6.07) is 4.94. The van der Waals surface area contributed by atoms with Gasteiger partial charge in [0.2, 0.25) is 5.91 Å². The van der Waals surface area contributed by atoms with Crippen LogP contribution in [0.2, 0.25) is 0 Å². The Kier molecular flexibility index (Phi) is 10.4. The second-order valence-electron chi connectivity index (χ2n) is 9.99. The Morgan fingerprint density at radius 2 is 1.86 bits per heavy atom. The zero-order valence-electron chi connectivity index (χ0n) is 21.9. The van der Waals surface area contributed by atoms with Crippen LogP contribution in [0.25, 0.3) is 0 Å². The highest BCUT2D eigenvalue weighted by Crippen LogP contribution is 2.30. The molecule has 2 aromatic rings. The number of halogens is 1. The molecule has 0 unspecified atom stereocenters. The van der Waals surface area contributed by atoms with Gasteiger partial charge in [-0.1, -0.05) is 58.6 Å². The molecule has 0 spiro atoms. The van der Waals surface area contributed by atoms with Crippen LogP contribution in [0.15, 0.2) is 24.3 Å². The largest absolute Gasteiger partial charge is 0.395 e. The van der Waals surface area contributed by atoms with Crippen molar-refractivity contribution in [3.05, 3.63) is 40.7 Å².